The summed E-state index contributed by atoms with van der Waals surface area (Å²) in [7, 11) is 0. The number of piperidine rings is 1. The molecule has 0 spiro atoms. The van der Waals surface area contributed by atoms with E-state index in [1.54, 1.807) is 11.0 Å². The molecule has 0 bridgehead atoms. The van der Waals surface area contributed by atoms with Crippen LogP contribution in [0.1, 0.15) is 67.1 Å². The number of benzene rings is 2. The Morgan fingerprint density at radius 3 is 2.43 bits per heavy atom. The Morgan fingerprint density at radius 1 is 1.00 bits per heavy atom. The number of amides is 3. The average Bonchev–Trinajstić information content (AvgIpc) is 3.46. The summed E-state index contributed by atoms with van der Waals surface area (Å²) >= 11 is 0. The Hall–Kier alpha value is -4.02. The molecule has 2 aromatic carbocycles. The third kappa shape index (κ3) is 7.19. The summed E-state index contributed by atoms with van der Waals surface area (Å²) in [5.41, 5.74) is 4.06. The zero-order valence-electron chi connectivity index (χ0n) is 25.6. The van der Waals surface area contributed by atoms with Gasteiger partial charge in [0.25, 0.3) is 5.91 Å². The maximum Gasteiger partial charge on any atom is 0.317 e. The van der Waals surface area contributed by atoms with Gasteiger partial charge in [-0.25, -0.2) is 4.79 Å². The Balaban J connectivity index is 1.15. The van der Waals surface area contributed by atoms with Gasteiger partial charge in [-0.2, -0.15) is 10.2 Å². The van der Waals surface area contributed by atoms with Crippen LogP contribution in [0.3, 0.4) is 0 Å². The van der Waals surface area contributed by atoms with Crippen LogP contribution in [0.2, 0.25) is 0 Å². The van der Waals surface area contributed by atoms with Crippen LogP contribution in [0.4, 0.5) is 4.79 Å². The van der Waals surface area contributed by atoms with Crippen LogP contribution in [0.15, 0.2) is 54.6 Å². The molecule has 10 heteroatoms. The van der Waals surface area contributed by atoms with E-state index in [0.29, 0.717) is 48.7 Å². The number of carbonyl (C=O) groups excluding carboxylic acids is 2. The van der Waals surface area contributed by atoms with Crippen molar-refractivity contribution in [2.75, 3.05) is 39.4 Å². The van der Waals surface area contributed by atoms with Crippen molar-refractivity contribution in [3.05, 3.63) is 71.4 Å². The van der Waals surface area contributed by atoms with E-state index < -0.39 is 0 Å². The van der Waals surface area contributed by atoms with Crippen molar-refractivity contribution in [2.24, 2.45) is 0 Å². The van der Waals surface area contributed by atoms with E-state index >= 15 is 0 Å². The van der Waals surface area contributed by atoms with Gasteiger partial charge in [-0.3, -0.25) is 4.79 Å². The van der Waals surface area contributed by atoms with Gasteiger partial charge in [-0.1, -0.05) is 19.9 Å². The summed E-state index contributed by atoms with van der Waals surface area (Å²) < 4.78 is 11.9. The van der Waals surface area contributed by atoms with Crippen molar-refractivity contribution in [1.29, 1.82) is 0 Å². The Bertz CT molecular complexity index is 1430. The Labute approximate surface area is 259 Å². The zero-order valence-corrected chi connectivity index (χ0v) is 25.6. The molecule has 232 valence electrons. The second-order valence-corrected chi connectivity index (χ2v) is 12.2. The first-order chi connectivity index (χ1) is 21.4. The minimum Gasteiger partial charge on any atom is -0.457 e. The molecule has 10 nitrogen and oxygen atoms in total. The second-order valence-electron chi connectivity index (χ2n) is 12.2. The summed E-state index contributed by atoms with van der Waals surface area (Å²) in [6, 6.07) is 17.8. The fourth-order valence-electron chi connectivity index (χ4n) is 6.14. The van der Waals surface area contributed by atoms with Gasteiger partial charge in [0, 0.05) is 68.2 Å². The highest BCUT2D eigenvalue weighted by molar-refractivity contribution is 5.95. The van der Waals surface area contributed by atoms with E-state index in [0.717, 1.165) is 74.5 Å². The number of hydrogen-bond donors (Lipinski definition) is 2. The molecule has 3 aromatic rings. The molecule has 2 N–H and O–H groups in total. The van der Waals surface area contributed by atoms with Crippen LogP contribution in [0, 0.1) is 0 Å². The molecule has 3 fully saturated rings. The first-order valence-electron chi connectivity index (χ1n) is 15.8. The maximum absolute atomic E-state index is 13.4. The van der Waals surface area contributed by atoms with Gasteiger partial charge < -0.3 is 29.9 Å². The van der Waals surface area contributed by atoms with Crippen molar-refractivity contribution in [3.63, 3.8) is 0 Å². The summed E-state index contributed by atoms with van der Waals surface area (Å²) in [5, 5.41) is 14.8. The summed E-state index contributed by atoms with van der Waals surface area (Å²) in [6.45, 7) is 9.49. The molecule has 0 atom stereocenters. The van der Waals surface area contributed by atoms with Crippen LogP contribution in [0.25, 0.3) is 11.3 Å². The lowest BCUT2D eigenvalue weighted by atomic mass is 9.99. The molecule has 0 unspecified atom stereocenters. The predicted molar refractivity (Wildman–Crippen MR) is 168 cm³/mol. The SMILES string of the molecule is CC(C)c1ccc(-c2ccc(Oc3cc(C(=O)NC4CCN(C5CCOCC5)CC4)ccc3CN3CCNC3=O)cc2)nn1. The lowest BCUT2D eigenvalue weighted by molar-refractivity contribution is 0.0238. The number of urea groups is 1. The van der Waals surface area contributed by atoms with Crippen molar-refractivity contribution in [2.45, 2.75) is 64.1 Å². The first-order valence-corrected chi connectivity index (χ1v) is 15.8. The van der Waals surface area contributed by atoms with Crippen LogP contribution in [0.5, 0.6) is 11.5 Å². The fraction of sp³-hybridized carbons (Fsp3) is 0.471. The van der Waals surface area contributed by atoms with Gasteiger partial charge in [0.15, 0.2) is 0 Å². The van der Waals surface area contributed by atoms with Gasteiger partial charge >= 0.3 is 6.03 Å². The molecule has 0 radical (unpaired) electrons. The number of likely N-dealkylation sites (tertiary alicyclic amines) is 1. The lowest BCUT2D eigenvalue weighted by Crippen LogP contribution is -2.49. The standard InChI is InChI=1S/C34H42N6O4/c1-23(2)30-9-10-31(38-37-30)24-5-7-29(8-6-24)44-32-21-25(3-4-26(32)22-40-18-15-35-34(40)42)33(41)36-27-11-16-39(17-12-27)28-13-19-43-20-14-28/h3-10,21,23,27-28H,11-20,22H2,1-2H3,(H,35,42)(H,36,41). The molecule has 0 saturated carbocycles. The summed E-state index contributed by atoms with van der Waals surface area (Å²) in [6.07, 6.45) is 4.05. The largest absolute Gasteiger partial charge is 0.457 e. The van der Waals surface area contributed by atoms with E-state index in [2.05, 4.69) is 39.6 Å². The molecular weight excluding hydrogens is 556 g/mol. The third-order valence-electron chi connectivity index (χ3n) is 8.86. The number of carbonyl (C=O) groups is 2. The third-order valence-corrected chi connectivity index (χ3v) is 8.86. The number of ether oxygens (including phenoxy) is 2. The predicted octanol–water partition coefficient (Wildman–Crippen LogP) is 4.96. The minimum atomic E-state index is -0.108. The van der Waals surface area contributed by atoms with Crippen LogP contribution < -0.4 is 15.4 Å². The summed E-state index contributed by atoms with van der Waals surface area (Å²) in [4.78, 5) is 30.0. The Kier molecular flexibility index (Phi) is 9.37. The Morgan fingerprint density at radius 2 is 1.77 bits per heavy atom. The van der Waals surface area contributed by atoms with Gasteiger partial charge in [0.05, 0.1) is 17.9 Å². The highest BCUT2D eigenvalue weighted by atomic mass is 16.5. The molecule has 3 aliphatic heterocycles. The number of aromatic nitrogens is 2. The average molecular weight is 599 g/mol. The molecule has 4 heterocycles. The minimum absolute atomic E-state index is 0.0983. The van der Waals surface area contributed by atoms with Crippen LogP contribution in [-0.4, -0.2) is 83.4 Å². The number of rotatable bonds is 9. The van der Waals surface area contributed by atoms with E-state index in [4.69, 9.17) is 9.47 Å². The zero-order chi connectivity index (χ0) is 30.5. The second kappa shape index (κ2) is 13.7. The fourth-order valence-corrected chi connectivity index (χ4v) is 6.14. The maximum atomic E-state index is 13.4. The van der Waals surface area contributed by atoms with E-state index in [1.165, 1.54) is 0 Å². The van der Waals surface area contributed by atoms with E-state index in [-0.39, 0.29) is 18.0 Å². The molecule has 0 aliphatic carbocycles. The topological polar surface area (TPSA) is 109 Å². The van der Waals surface area contributed by atoms with Gasteiger partial charge in [-0.15, -0.1) is 0 Å². The highest BCUT2D eigenvalue weighted by Crippen LogP contribution is 2.30. The van der Waals surface area contributed by atoms with E-state index in [1.807, 2.05) is 48.5 Å². The van der Waals surface area contributed by atoms with Crippen molar-refractivity contribution in [1.82, 2.24) is 30.6 Å². The highest BCUT2D eigenvalue weighted by Gasteiger charge is 2.28. The number of nitrogens with one attached hydrogen (secondary N) is 2. The van der Waals surface area contributed by atoms with Crippen LogP contribution in [-0.2, 0) is 11.3 Å². The van der Waals surface area contributed by atoms with Crippen molar-refractivity contribution < 1.29 is 19.1 Å². The molecule has 3 aliphatic rings. The normalized spacial score (nSPS) is 18.4. The molecule has 1 aromatic heterocycles. The van der Waals surface area contributed by atoms with Gasteiger partial charge in [-0.05, 0) is 80.1 Å². The first kappa shape index (κ1) is 30.0. The molecule has 44 heavy (non-hydrogen) atoms. The van der Waals surface area contributed by atoms with Gasteiger partial charge in [0.1, 0.15) is 11.5 Å². The number of hydrogen-bond acceptors (Lipinski definition) is 7. The smallest absolute Gasteiger partial charge is 0.317 e. The van der Waals surface area contributed by atoms with Gasteiger partial charge in [0.2, 0.25) is 0 Å². The molecular formula is C34H42N6O4. The van der Waals surface area contributed by atoms with Crippen molar-refractivity contribution >= 4 is 11.9 Å². The monoisotopic (exact) mass is 598 g/mol. The quantitative estimate of drug-likeness (QED) is 0.359. The number of nitrogens with zero attached hydrogens (tertiary/aromatic N) is 4. The molecule has 6 rings (SSSR count). The lowest BCUT2D eigenvalue weighted by Gasteiger charge is -2.39. The van der Waals surface area contributed by atoms with Crippen LogP contribution >= 0.6 is 0 Å². The molecule has 3 amide bonds. The van der Waals surface area contributed by atoms with E-state index in [9.17, 15) is 9.59 Å². The van der Waals surface area contributed by atoms with Crippen molar-refractivity contribution in [3.8, 4) is 22.8 Å². The molecule has 3 saturated heterocycles. The summed E-state index contributed by atoms with van der Waals surface area (Å²) in [5.74, 6) is 1.40.